The van der Waals surface area contributed by atoms with Gasteiger partial charge in [-0.1, -0.05) is 17.4 Å². The number of nitrogens with one attached hydrogen (secondary N) is 2. The number of thiazole rings is 1. The van der Waals surface area contributed by atoms with E-state index in [1.165, 1.54) is 17.5 Å². The van der Waals surface area contributed by atoms with E-state index in [9.17, 15) is 9.90 Å². The molecule has 0 spiro atoms. The molecule has 1 aromatic carbocycles. The van der Waals surface area contributed by atoms with Gasteiger partial charge in [0.25, 0.3) is 5.91 Å². The Morgan fingerprint density at radius 1 is 1.18 bits per heavy atom. The number of rotatable bonds is 8. The van der Waals surface area contributed by atoms with Crippen molar-refractivity contribution in [2.24, 2.45) is 7.05 Å². The highest BCUT2D eigenvalue weighted by Crippen LogP contribution is 2.29. The fourth-order valence-corrected chi connectivity index (χ4v) is 4.72. The third kappa shape index (κ3) is 5.55. The molecule has 0 saturated carbocycles. The first-order chi connectivity index (χ1) is 16.3. The van der Waals surface area contributed by atoms with Crippen LogP contribution in [0.1, 0.15) is 26.5 Å². The molecule has 3 aromatic rings. The van der Waals surface area contributed by atoms with Crippen LogP contribution in [0, 0.1) is 13.8 Å². The molecule has 1 fully saturated rings. The van der Waals surface area contributed by atoms with E-state index in [0.29, 0.717) is 27.1 Å². The standard InChI is InChI=1S/C23H31N7O3S/c1-15-4-5-18(32)16(2)21(15)26-22(33)19-13-24-23(34-19)25-20-12-17(28(3)27-20)14-30-8-6-29(7-9-30)10-11-31/h4-5,12-13,31-32H,6-11,14H2,1-3H3,(H,26,33)(H,24,25,27). The van der Waals surface area contributed by atoms with E-state index in [1.807, 2.05) is 24.7 Å². The number of carbonyl (C=O) groups is 1. The van der Waals surface area contributed by atoms with E-state index in [4.69, 9.17) is 5.11 Å². The number of β-amino-alcohol motifs (C(OH)–C–C–N with tert-alkyl or cyclic N) is 1. The van der Waals surface area contributed by atoms with Crippen molar-refractivity contribution >= 4 is 33.9 Å². The minimum atomic E-state index is -0.274. The normalized spacial score (nSPS) is 14.9. The van der Waals surface area contributed by atoms with E-state index < -0.39 is 0 Å². The number of aliphatic hydroxyl groups excluding tert-OH is 1. The van der Waals surface area contributed by atoms with E-state index in [2.05, 4.69) is 30.5 Å². The van der Waals surface area contributed by atoms with E-state index in [-0.39, 0.29) is 18.3 Å². The summed E-state index contributed by atoms with van der Waals surface area (Å²) in [5.74, 6) is 0.548. The third-order valence-corrected chi connectivity index (χ3v) is 7.00. The zero-order valence-electron chi connectivity index (χ0n) is 19.7. The molecule has 10 nitrogen and oxygen atoms in total. The molecular formula is C23H31N7O3S. The van der Waals surface area contributed by atoms with Crippen LogP contribution in [0.4, 0.5) is 16.6 Å². The molecule has 4 N–H and O–H groups in total. The van der Waals surface area contributed by atoms with Crippen LogP contribution in [-0.2, 0) is 13.6 Å². The smallest absolute Gasteiger partial charge is 0.267 e. The molecule has 3 heterocycles. The zero-order chi connectivity index (χ0) is 24.2. The Morgan fingerprint density at radius 3 is 2.65 bits per heavy atom. The number of hydrogen-bond donors (Lipinski definition) is 4. The van der Waals surface area contributed by atoms with Gasteiger partial charge in [0.15, 0.2) is 10.9 Å². The first kappa shape index (κ1) is 24.1. The molecule has 1 saturated heterocycles. The van der Waals surface area contributed by atoms with Gasteiger partial charge in [-0.3, -0.25) is 19.3 Å². The van der Waals surface area contributed by atoms with Crippen molar-refractivity contribution in [2.45, 2.75) is 20.4 Å². The highest BCUT2D eigenvalue weighted by Gasteiger charge is 2.19. The second kappa shape index (κ2) is 10.5. The first-order valence-corrected chi connectivity index (χ1v) is 12.1. The Morgan fingerprint density at radius 2 is 1.91 bits per heavy atom. The Kier molecular flexibility index (Phi) is 7.47. The lowest BCUT2D eigenvalue weighted by molar-refractivity contribution is 0.103. The number of aromatic hydroxyl groups is 1. The average Bonchev–Trinajstić information content (AvgIpc) is 3.42. The molecule has 0 unspecified atom stereocenters. The summed E-state index contributed by atoms with van der Waals surface area (Å²) in [6.45, 7) is 9.20. The second-order valence-electron chi connectivity index (χ2n) is 8.50. The molecule has 1 aliphatic heterocycles. The van der Waals surface area contributed by atoms with Gasteiger partial charge in [-0.15, -0.1) is 0 Å². The van der Waals surface area contributed by atoms with Gasteiger partial charge in [-0.2, -0.15) is 5.10 Å². The molecule has 11 heteroatoms. The average molecular weight is 486 g/mol. The Labute approximate surface area is 202 Å². The van der Waals surface area contributed by atoms with Crippen molar-refractivity contribution in [1.29, 1.82) is 0 Å². The number of piperazine rings is 1. The quantitative estimate of drug-likeness (QED) is 0.384. The van der Waals surface area contributed by atoms with Crippen LogP contribution in [0.15, 0.2) is 24.4 Å². The summed E-state index contributed by atoms with van der Waals surface area (Å²) in [7, 11) is 1.92. The highest BCUT2D eigenvalue weighted by atomic mass is 32.1. The summed E-state index contributed by atoms with van der Waals surface area (Å²) in [6, 6.07) is 5.39. The molecule has 34 heavy (non-hydrogen) atoms. The highest BCUT2D eigenvalue weighted by molar-refractivity contribution is 7.17. The number of nitrogens with zero attached hydrogens (tertiary/aromatic N) is 5. The SMILES string of the molecule is Cc1ccc(O)c(C)c1NC(=O)c1cnc(Nc2cc(CN3CCN(CCO)CC3)n(C)n2)s1. The maximum absolute atomic E-state index is 12.7. The molecule has 1 amide bonds. The van der Waals surface area contributed by atoms with Gasteiger partial charge < -0.3 is 20.8 Å². The predicted octanol–water partition coefficient (Wildman–Crippen LogP) is 2.30. The number of amides is 1. The van der Waals surface area contributed by atoms with Crippen molar-refractivity contribution in [3.05, 3.63) is 46.1 Å². The maximum atomic E-state index is 12.7. The number of aliphatic hydroxyl groups is 1. The Hall–Kier alpha value is -2.99. The number of hydrogen-bond acceptors (Lipinski definition) is 9. The monoisotopic (exact) mass is 485 g/mol. The summed E-state index contributed by atoms with van der Waals surface area (Å²) >= 11 is 1.24. The maximum Gasteiger partial charge on any atom is 0.267 e. The lowest BCUT2D eigenvalue weighted by Crippen LogP contribution is -2.46. The topological polar surface area (TPSA) is 119 Å². The Bertz CT molecular complexity index is 1150. The van der Waals surface area contributed by atoms with Crippen LogP contribution in [0.25, 0.3) is 0 Å². The molecule has 2 aromatic heterocycles. The van der Waals surface area contributed by atoms with Crippen LogP contribution in [-0.4, -0.2) is 80.0 Å². The first-order valence-electron chi connectivity index (χ1n) is 11.3. The van der Waals surface area contributed by atoms with Gasteiger partial charge in [-0.05, 0) is 25.5 Å². The van der Waals surface area contributed by atoms with Crippen molar-refractivity contribution in [2.75, 3.05) is 50.0 Å². The van der Waals surface area contributed by atoms with Crippen LogP contribution in [0.3, 0.4) is 0 Å². The third-order valence-electron chi connectivity index (χ3n) is 6.09. The lowest BCUT2D eigenvalue weighted by atomic mass is 10.1. The minimum Gasteiger partial charge on any atom is -0.508 e. The second-order valence-corrected chi connectivity index (χ2v) is 9.53. The van der Waals surface area contributed by atoms with Crippen LogP contribution in [0.2, 0.25) is 0 Å². The summed E-state index contributed by atoms with van der Waals surface area (Å²) in [4.78, 5) is 22.2. The van der Waals surface area contributed by atoms with Crippen molar-refractivity contribution < 1.29 is 15.0 Å². The number of benzene rings is 1. The van der Waals surface area contributed by atoms with E-state index >= 15 is 0 Å². The van der Waals surface area contributed by atoms with Crippen LogP contribution < -0.4 is 10.6 Å². The Balaban J connectivity index is 1.36. The minimum absolute atomic E-state index is 0.144. The summed E-state index contributed by atoms with van der Waals surface area (Å²) in [5, 5.41) is 30.3. The van der Waals surface area contributed by atoms with Crippen molar-refractivity contribution in [1.82, 2.24) is 24.6 Å². The summed E-state index contributed by atoms with van der Waals surface area (Å²) < 4.78 is 1.86. The number of aryl methyl sites for hydroxylation is 2. The number of phenolic OH excluding ortho intramolecular Hbond substituents is 1. The lowest BCUT2D eigenvalue weighted by Gasteiger charge is -2.34. The van der Waals surface area contributed by atoms with Gasteiger partial charge >= 0.3 is 0 Å². The fraction of sp³-hybridized carbons (Fsp3) is 0.435. The number of phenols is 1. The number of carbonyl (C=O) groups excluding carboxylic acids is 1. The molecule has 182 valence electrons. The van der Waals surface area contributed by atoms with Gasteiger partial charge in [0, 0.05) is 57.9 Å². The fourth-order valence-electron chi connectivity index (χ4n) is 4.01. The van der Waals surface area contributed by atoms with E-state index in [0.717, 1.165) is 50.5 Å². The van der Waals surface area contributed by atoms with E-state index in [1.54, 1.807) is 19.1 Å². The van der Waals surface area contributed by atoms with Gasteiger partial charge in [0.2, 0.25) is 0 Å². The molecule has 4 rings (SSSR count). The van der Waals surface area contributed by atoms with Crippen LogP contribution in [0.5, 0.6) is 5.75 Å². The van der Waals surface area contributed by atoms with Crippen molar-refractivity contribution in [3.8, 4) is 5.75 Å². The summed E-state index contributed by atoms with van der Waals surface area (Å²) in [5.41, 5.74) is 3.20. The molecule has 1 aliphatic rings. The molecular weight excluding hydrogens is 454 g/mol. The molecule has 0 aliphatic carbocycles. The zero-order valence-corrected chi connectivity index (χ0v) is 20.5. The molecule has 0 atom stereocenters. The predicted molar refractivity (Wildman–Crippen MR) is 133 cm³/mol. The summed E-state index contributed by atoms with van der Waals surface area (Å²) in [6.07, 6.45) is 1.53. The van der Waals surface area contributed by atoms with Gasteiger partial charge in [-0.25, -0.2) is 4.98 Å². The van der Waals surface area contributed by atoms with Crippen molar-refractivity contribution in [3.63, 3.8) is 0 Å². The largest absolute Gasteiger partial charge is 0.508 e. The van der Waals surface area contributed by atoms with Crippen LogP contribution >= 0.6 is 11.3 Å². The number of anilines is 3. The number of aromatic nitrogens is 3. The van der Waals surface area contributed by atoms with Gasteiger partial charge in [0.1, 0.15) is 10.6 Å². The molecule has 0 radical (unpaired) electrons. The van der Waals surface area contributed by atoms with Gasteiger partial charge in [0.05, 0.1) is 24.2 Å². The molecule has 0 bridgehead atoms.